The van der Waals surface area contributed by atoms with Crippen LogP contribution in [0.25, 0.3) is 0 Å². The Morgan fingerprint density at radius 1 is 1.05 bits per heavy atom. The predicted octanol–water partition coefficient (Wildman–Crippen LogP) is 4.95. The van der Waals surface area contributed by atoms with Crippen LogP contribution in [0.15, 0.2) is 41.3 Å². The van der Waals surface area contributed by atoms with Gasteiger partial charge in [-0.25, -0.2) is 4.79 Å². The van der Waals surface area contributed by atoms with Gasteiger partial charge in [0, 0.05) is 32.3 Å². The number of carbonyl (C=O) groups excluding carboxylic acids is 3. The minimum atomic E-state index is -0.650. The standard InChI is InChI=1S/C31H41N3O6/c1-6-10-25(35)26-28(39-19-20-11-8-7-9-12-20)27(36)23(29(37)32-5)17-33(26)18-24-21-13-15-22(16-14-21)34(24)30(38)40-31(2,3)4/h7-9,11-12,17,21-22,24H,6,10,13-16,18-19H2,1-5H3,(H,32,37)/t21?,22?,24-/m1/s1. The number of pyridine rings is 1. The van der Waals surface area contributed by atoms with E-state index in [1.165, 1.54) is 13.2 Å². The van der Waals surface area contributed by atoms with Gasteiger partial charge in [-0.05, 0) is 64.4 Å². The van der Waals surface area contributed by atoms with E-state index in [9.17, 15) is 19.2 Å². The Hall–Kier alpha value is -3.62. The third-order valence-corrected chi connectivity index (χ3v) is 7.70. The highest BCUT2D eigenvalue weighted by Gasteiger charge is 2.46. The number of ketones is 1. The van der Waals surface area contributed by atoms with E-state index in [0.717, 1.165) is 31.2 Å². The van der Waals surface area contributed by atoms with Crippen LogP contribution in [0.4, 0.5) is 4.79 Å². The van der Waals surface area contributed by atoms with Crippen molar-refractivity contribution in [2.75, 3.05) is 7.05 Å². The zero-order chi connectivity index (χ0) is 29.0. The van der Waals surface area contributed by atoms with Crippen molar-refractivity contribution in [2.24, 2.45) is 5.92 Å². The van der Waals surface area contributed by atoms with E-state index in [-0.39, 0.29) is 66.5 Å². The largest absolute Gasteiger partial charge is 0.483 e. The monoisotopic (exact) mass is 551 g/mol. The molecule has 1 saturated carbocycles. The Morgan fingerprint density at radius 3 is 2.33 bits per heavy atom. The molecule has 40 heavy (non-hydrogen) atoms. The fourth-order valence-corrected chi connectivity index (χ4v) is 5.88. The molecular weight excluding hydrogens is 510 g/mol. The van der Waals surface area contributed by atoms with Crippen LogP contribution in [0.5, 0.6) is 5.75 Å². The molecule has 2 aliphatic heterocycles. The fourth-order valence-electron chi connectivity index (χ4n) is 5.88. The lowest BCUT2D eigenvalue weighted by Crippen LogP contribution is -2.59. The van der Waals surface area contributed by atoms with Crippen molar-refractivity contribution < 1.29 is 23.9 Å². The Morgan fingerprint density at radius 2 is 1.73 bits per heavy atom. The molecule has 1 aliphatic carbocycles. The molecule has 3 aliphatic rings. The lowest BCUT2D eigenvalue weighted by atomic mass is 9.74. The molecule has 2 amide bonds. The van der Waals surface area contributed by atoms with Crippen LogP contribution in [-0.2, 0) is 17.9 Å². The third-order valence-electron chi connectivity index (χ3n) is 7.70. The van der Waals surface area contributed by atoms with Gasteiger partial charge in [-0.2, -0.15) is 0 Å². The number of hydrogen-bond acceptors (Lipinski definition) is 6. The zero-order valence-electron chi connectivity index (χ0n) is 24.2. The maximum atomic E-state index is 13.6. The lowest BCUT2D eigenvalue weighted by Gasteiger charge is -2.51. The number of aromatic nitrogens is 1. The second kappa shape index (κ2) is 12.3. The van der Waals surface area contributed by atoms with Gasteiger partial charge in [0.1, 0.15) is 23.5 Å². The molecule has 9 nitrogen and oxygen atoms in total. The smallest absolute Gasteiger partial charge is 0.410 e. The van der Waals surface area contributed by atoms with Crippen molar-refractivity contribution >= 4 is 17.8 Å². The first kappa shape index (κ1) is 29.4. The molecule has 3 fully saturated rings. The van der Waals surface area contributed by atoms with Crippen molar-refractivity contribution in [3.8, 4) is 5.75 Å². The van der Waals surface area contributed by atoms with Gasteiger partial charge in [0.15, 0.2) is 11.5 Å². The average Bonchev–Trinajstić information content (AvgIpc) is 2.92. The van der Waals surface area contributed by atoms with Crippen LogP contribution in [0.3, 0.4) is 0 Å². The maximum absolute atomic E-state index is 13.6. The van der Waals surface area contributed by atoms with Gasteiger partial charge in [-0.15, -0.1) is 0 Å². The van der Waals surface area contributed by atoms with E-state index in [4.69, 9.17) is 9.47 Å². The number of rotatable bonds is 9. The number of amides is 2. The summed E-state index contributed by atoms with van der Waals surface area (Å²) in [5.74, 6) is -0.723. The van der Waals surface area contributed by atoms with Crippen molar-refractivity contribution in [3.05, 3.63) is 63.6 Å². The van der Waals surface area contributed by atoms with Gasteiger partial charge in [-0.3, -0.25) is 14.4 Å². The van der Waals surface area contributed by atoms with E-state index < -0.39 is 16.9 Å². The molecule has 216 valence electrons. The van der Waals surface area contributed by atoms with Crippen LogP contribution in [0.2, 0.25) is 0 Å². The molecule has 2 aromatic rings. The second-order valence-electron chi connectivity index (χ2n) is 11.8. The van der Waals surface area contributed by atoms with Crippen LogP contribution in [-0.4, -0.2) is 52.0 Å². The summed E-state index contributed by atoms with van der Waals surface area (Å²) in [6, 6.07) is 9.14. The first-order valence-corrected chi connectivity index (χ1v) is 14.2. The van der Waals surface area contributed by atoms with E-state index in [1.807, 2.05) is 62.9 Å². The van der Waals surface area contributed by atoms with E-state index >= 15 is 0 Å². The van der Waals surface area contributed by atoms with E-state index in [1.54, 1.807) is 4.57 Å². The summed E-state index contributed by atoms with van der Waals surface area (Å²) in [7, 11) is 1.46. The van der Waals surface area contributed by atoms with Gasteiger partial charge >= 0.3 is 6.09 Å². The summed E-state index contributed by atoms with van der Waals surface area (Å²) in [4.78, 5) is 55.2. The average molecular weight is 552 g/mol. The molecule has 0 unspecified atom stereocenters. The minimum Gasteiger partial charge on any atom is -0.483 e. The molecule has 0 radical (unpaired) electrons. The molecule has 1 aromatic heterocycles. The molecule has 5 rings (SSSR count). The van der Waals surface area contributed by atoms with E-state index in [2.05, 4.69) is 5.32 Å². The molecule has 0 spiro atoms. The molecular formula is C31H41N3O6. The molecule has 1 aromatic carbocycles. The number of benzene rings is 1. The van der Waals surface area contributed by atoms with Gasteiger partial charge in [0.25, 0.3) is 5.91 Å². The molecule has 2 bridgehead atoms. The Labute approximate surface area is 235 Å². The number of piperidine rings is 2. The lowest BCUT2D eigenvalue weighted by molar-refractivity contribution is -0.0450. The molecule has 1 N–H and O–H groups in total. The van der Waals surface area contributed by atoms with Crippen molar-refractivity contribution in [3.63, 3.8) is 0 Å². The first-order valence-electron chi connectivity index (χ1n) is 14.2. The van der Waals surface area contributed by atoms with Crippen molar-refractivity contribution in [1.82, 2.24) is 14.8 Å². The second-order valence-corrected chi connectivity index (χ2v) is 11.8. The first-order chi connectivity index (χ1) is 19.0. The zero-order valence-corrected chi connectivity index (χ0v) is 24.2. The highest BCUT2D eigenvalue weighted by Crippen LogP contribution is 2.41. The summed E-state index contributed by atoms with van der Waals surface area (Å²) in [6.07, 6.45) is 5.62. The van der Waals surface area contributed by atoms with Crippen LogP contribution in [0.1, 0.15) is 92.6 Å². The molecule has 1 atom stereocenters. The van der Waals surface area contributed by atoms with Gasteiger partial charge in [0.05, 0.1) is 6.04 Å². The number of Topliss-reactive ketones (excluding diaryl/α,β-unsaturated/α-hetero) is 1. The van der Waals surface area contributed by atoms with Gasteiger partial charge in [-0.1, -0.05) is 37.3 Å². The SMILES string of the molecule is CCCC(=O)c1c(OCc2ccccc2)c(=O)c(C(=O)NC)cn1C[C@@H]1C2CCC(CC2)N1C(=O)OC(C)(C)C. The molecule has 2 saturated heterocycles. The number of hydrogen-bond donors (Lipinski definition) is 1. The Bertz CT molecular complexity index is 1290. The van der Waals surface area contributed by atoms with E-state index in [0.29, 0.717) is 6.42 Å². The van der Waals surface area contributed by atoms with Crippen molar-refractivity contribution in [2.45, 2.75) is 97.1 Å². The van der Waals surface area contributed by atoms with Gasteiger partial charge in [0.2, 0.25) is 5.43 Å². The molecule has 3 heterocycles. The summed E-state index contributed by atoms with van der Waals surface area (Å²) >= 11 is 0. The maximum Gasteiger partial charge on any atom is 0.410 e. The summed E-state index contributed by atoms with van der Waals surface area (Å²) < 4.78 is 13.5. The summed E-state index contributed by atoms with van der Waals surface area (Å²) in [5.41, 5.74) is -0.416. The van der Waals surface area contributed by atoms with Crippen molar-refractivity contribution in [1.29, 1.82) is 0 Å². The minimum absolute atomic E-state index is 0.0474. The quantitative estimate of drug-likeness (QED) is 0.442. The third kappa shape index (κ3) is 6.40. The summed E-state index contributed by atoms with van der Waals surface area (Å²) in [6.45, 7) is 7.75. The highest BCUT2D eigenvalue weighted by atomic mass is 16.6. The number of fused-ring (bicyclic) bond motifs is 3. The number of nitrogens with one attached hydrogen (secondary N) is 1. The van der Waals surface area contributed by atoms with Crippen LogP contribution < -0.4 is 15.5 Å². The predicted molar refractivity (Wildman–Crippen MR) is 152 cm³/mol. The topological polar surface area (TPSA) is 107 Å². The highest BCUT2D eigenvalue weighted by molar-refractivity contribution is 5.99. The summed E-state index contributed by atoms with van der Waals surface area (Å²) in [5, 5.41) is 2.53. The normalized spacial score (nSPS) is 20.2. The number of carbonyl (C=O) groups is 3. The Kier molecular flexibility index (Phi) is 9.01. The fraction of sp³-hybridized carbons (Fsp3) is 0.548. The number of nitrogens with zero attached hydrogens (tertiary/aromatic N) is 2. The van der Waals surface area contributed by atoms with Crippen LogP contribution >= 0.6 is 0 Å². The van der Waals surface area contributed by atoms with Crippen LogP contribution in [0, 0.1) is 5.92 Å². The van der Waals surface area contributed by atoms with Gasteiger partial charge < -0.3 is 24.3 Å². The molecule has 9 heteroatoms. The Balaban J connectivity index is 1.81. The number of ether oxygens (including phenoxy) is 2.